The van der Waals surface area contributed by atoms with Crippen molar-refractivity contribution in [1.29, 1.82) is 0 Å². The van der Waals surface area contributed by atoms with Gasteiger partial charge in [0.15, 0.2) is 0 Å². The Bertz CT molecular complexity index is 338. The van der Waals surface area contributed by atoms with Crippen LogP contribution in [0.5, 0.6) is 0 Å². The van der Waals surface area contributed by atoms with Crippen LogP contribution in [-0.4, -0.2) is 34.9 Å². The summed E-state index contributed by atoms with van der Waals surface area (Å²) in [4.78, 5) is 2.13. The number of likely N-dealkylation sites (N-methyl/N-ethyl adjacent to an activating group) is 1. The second-order valence-electron chi connectivity index (χ2n) is 4.90. The van der Waals surface area contributed by atoms with Crippen molar-refractivity contribution in [3.05, 3.63) is 17.0 Å². The van der Waals surface area contributed by atoms with E-state index in [1.165, 1.54) is 12.8 Å². The number of aliphatic hydroxyl groups excluding tert-OH is 1. The molecule has 1 unspecified atom stereocenters. The molecule has 90 valence electrons. The average molecular weight is 224 g/mol. The van der Waals surface area contributed by atoms with Crippen LogP contribution >= 0.6 is 0 Å². The molecule has 4 nitrogen and oxygen atoms in total. The van der Waals surface area contributed by atoms with Crippen LogP contribution in [0.2, 0.25) is 0 Å². The third-order valence-electron chi connectivity index (χ3n) is 3.27. The number of rotatable bonds is 5. The minimum atomic E-state index is -0.175. The zero-order chi connectivity index (χ0) is 11.7. The lowest BCUT2D eigenvalue weighted by atomic mass is 10.1. The van der Waals surface area contributed by atoms with Crippen molar-refractivity contribution in [2.45, 2.75) is 39.3 Å². The Kier molecular flexibility index (Phi) is 3.30. The Labute approximate surface area is 96.2 Å². The summed E-state index contributed by atoms with van der Waals surface area (Å²) in [5, 5.41) is 13.8. The molecule has 1 atom stereocenters. The van der Waals surface area contributed by atoms with Gasteiger partial charge in [0.1, 0.15) is 5.76 Å². The number of aromatic nitrogens is 1. The van der Waals surface area contributed by atoms with Crippen molar-refractivity contribution >= 4 is 0 Å². The molecule has 1 saturated carbocycles. The molecule has 0 amide bonds. The van der Waals surface area contributed by atoms with Gasteiger partial charge >= 0.3 is 0 Å². The van der Waals surface area contributed by atoms with E-state index in [1.807, 2.05) is 20.9 Å². The highest BCUT2D eigenvalue weighted by Gasteiger charge is 2.30. The molecule has 1 aromatic heterocycles. The second-order valence-corrected chi connectivity index (χ2v) is 4.90. The molecule has 0 bridgehead atoms. The number of aliphatic hydroxyl groups is 1. The van der Waals surface area contributed by atoms with Crippen molar-refractivity contribution in [2.75, 3.05) is 13.6 Å². The van der Waals surface area contributed by atoms with Crippen molar-refractivity contribution < 1.29 is 9.63 Å². The Hall–Kier alpha value is -0.870. The van der Waals surface area contributed by atoms with Gasteiger partial charge in [-0.3, -0.25) is 4.90 Å². The van der Waals surface area contributed by atoms with Crippen LogP contribution < -0.4 is 0 Å². The molecule has 1 fully saturated rings. The first-order chi connectivity index (χ1) is 7.58. The summed E-state index contributed by atoms with van der Waals surface area (Å²) in [6.45, 7) is 5.41. The molecule has 0 radical (unpaired) electrons. The van der Waals surface area contributed by atoms with E-state index >= 15 is 0 Å². The molecule has 1 heterocycles. The first-order valence-electron chi connectivity index (χ1n) is 5.86. The zero-order valence-electron chi connectivity index (χ0n) is 10.2. The van der Waals surface area contributed by atoms with Gasteiger partial charge in [-0.2, -0.15) is 0 Å². The minimum Gasteiger partial charge on any atom is -0.392 e. The van der Waals surface area contributed by atoms with Gasteiger partial charge in [0.2, 0.25) is 0 Å². The molecule has 0 aromatic carbocycles. The average Bonchev–Trinajstić information content (AvgIpc) is 3.01. The molecule has 0 saturated heterocycles. The Morgan fingerprint density at radius 3 is 2.69 bits per heavy atom. The second kappa shape index (κ2) is 4.55. The van der Waals surface area contributed by atoms with Gasteiger partial charge in [0.25, 0.3) is 0 Å². The van der Waals surface area contributed by atoms with E-state index in [1.54, 1.807) is 0 Å². The van der Waals surface area contributed by atoms with Gasteiger partial charge in [-0.05, 0) is 39.7 Å². The maximum atomic E-state index is 9.85. The van der Waals surface area contributed by atoms with E-state index in [0.717, 1.165) is 30.1 Å². The lowest BCUT2D eigenvalue weighted by Crippen LogP contribution is -2.30. The lowest BCUT2D eigenvalue weighted by Gasteiger charge is -2.20. The van der Waals surface area contributed by atoms with E-state index < -0.39 is 0 Å². The third-order valence-corrected chi connectivity index (χ3v) is 3.27. The summed E-state index contributed by atoms with van der Waals surface area (Å²) in [5.41, 5.74) is 2.09. The maximum absolute atomic E-state index is 9.85. The van der Waals surface area contributed by atoms with E-state index in [4.69, 9.17) is 4.52 Å². The molecule has 16 heavy (non-hydrogen) atoms. The fraction of sp³-hybridized carbons (Fsp3) is 0.750. The quantitative estimate of drug-likeness (QED) is 0.823. The largest absolute Gasteiger partial charge is 0.392 e. The van der Waals surface area contributed by atoms with Gasteiger partial charge in [-0.25, -0.2) is 0 Å². The number of hydrogen-bond acceptors (Lipinski definition) is 4. The number of nitrogens with zero attached hydrogens (tertiary/aromatic N) is 2. The summed E-state index contributed by atoms with van der Waals surface area (Å²) >= 11 is 0. The van der Waals surface area contributed by atoms with Crippen molar-refractivity contribution in [3.8, 4) is 0 Å². The van der Waals surface area contributed by atoms with Crippen LogP contribution in [-0.2, 0) is 6.54 Å². The van der Waals surface area contributed by atoms with Gasteiger partial charge in [0.05, 0.1) is 11.8 Å². The first kappa shape index (κ1) is 11.6. The molecular formula is C12H20N2O2. The van der Waals surface area contributed by atoms with Crippen LogP contribution in [0.1, 0.15) is 29.9 Å². The van der Waals surface area contributed by atoms with Crippen molar-refractivity contribution in [1.82, 2.24) is 10.1 Å². The van der Waals surface area contributed by atoms with Crippen LogP contribution in [0.25, 0.3) is 0 Å². The summed E-state index contributed by atoms with van der Waals surface area (Å²) in [6, 6.07) is 0. The molecule has 0 aliphatic heterocycles. The molecule has 4 heteroatoms. The minimum absolute atomic E-state index is 0.175. The fourth-order valence-corrected chi connectivity index (χ4v) is 2.01. The predicted octanol–water partition coefficient (Wildman–Crippen LogP) is 1.49. The number of aryl methyl sites for hydroxylation is 2. The van der Waals surface area contributed by atoms with Crippen LogP contribution in [0.3, 0.4) is 0 Å². The van der Waals surface area contributed by atoms with Gasteiger partial charge in [-0.1, -0.05) is 5.16 Å². The van der Waals surface area contributed by atoms with E-state index in [2.05, 4.69) is 10.1 Å². The Morgan fingerprint density at radius 2 is 2.19 bits per heavy atom. The molecule has 0 spiro atoms. The molecule has 1 aliphatic carbocycles. The Balaban J connectivity index is 1.88. The SMILES string of the molecule is Cc1noc(C)c1CN(C)CC(O)C1CC1. The summed E-state index contributed by atoms with van der Waals surface area (Å²) < 4.78 is 5.12. The molecule has 1 N–H and O–H groups in total. The zero-order valence-corrected chi connectivity index (χ0v) is 10.2. The standard InChI is InChI=1S/C12H20N2O2/c1-8-11(9(2)16-13-8)6-14(3)7-12(15)10-4-5-10/h10,12,15H,4-7H2,1-3H3. The monoisotopic (exact) mass is 224 g/mol. The van der Waals surface area contributed by atoms with Gasteiger partial charge in [-0.15, -0.1) is 0 Å². The maximum Gasteiger partial charge on any atom is 0.138 e. The summed E-state index contributed by atoms with van der Waals surface area (Å²) in [6.07, 6.45) is 2.19. The van der Waals surface area contributed by atoms with Gasteiger partial charge in [0, 0.05) is 18.7 Å². The number of hydrogen-bond donors (Lipinski definition) is 1. The van der Waals surface area contributed by atoms with E-state index in [9.17, 15) is 5.11 Å². The van der Waals surface area contributed by atoms with Crippen LogP contribution in [0, 0.1) is 19.8 Å². The lowest BCUT2D eigenvalue weighted by molar-refractivity contribution is 0.104. The van der Waals surface area contributed by atoms with Crippen molar-refractivity contribution in [3.63, 3.8) is 0 Å². The predicted molar refractivity (Wildman–Crippen MR) is 61.0 cm³/mol. The van der Waals surface area contributed by atoms with Crippen LogP contribution in [0.4, 0.5) is 0 Å². The fourth-order valence-electron chi connectivity index (χ4n) is 2.01. The highest BCUT2D eigenvalue weighted by Crippen LogP contribution is 2.32. The van der Waals surface area contributed by atoms with Gasteiger partial charge < -0.3 is 9.63 Å². The molecular weight excluding hydrogens is 204 g/mol. The smallest absolute Gasteiger partial charge is 0.138 e. The molecule has 1 aromatic rings. The normalized spacial score (nSPS) is 18.1. The highest BCUT2D eigenvalue weighted by molar-refractivity contribution is 5.20. The Morgan fingerprint density at radius 1 is 1.50 bits per heavy atom. The summed E-state index contributed by atoms with van der Waals surface area (Å²) in [7, 11) is 2.03. The van der Waals surface area contributed by atoms with Crippen LogP contribution in [0.15, 0.2) is 4.52 Å². The highest BCUT2D eigenvalue weighted by atomic mass is 16.5. The van der Waals surface area contributed by atoms with E-state index in [-0.39, 0.29) is 6.10 Å². The first-order valence-corrected chi connectivity index (χ1v) is 5.86. The van der Waals surface area contributed by atoms with Crippen molar-refractivity contribution in [2.24, 2.45) is 5.92 Å². The molecule has 1 aliphatic rings. The molecule has 2 rings (SSSR count). The third kappa shape index (κ3) is 2.62. The summed E-state index contributed by atoms with van der Waals surface area (Å²) in [5.74, 6) is 1.41. The topological polar surface area (TPSA) is 49.5 Å². The van der Waals surface area contributed by atoms with E-state index in [0.29, 0.717) is 5.92 Å².